The second-order valence-corrected chi connectivity index (χ2v) is 14.2. The van der Waals surface area contributed by atoms with Crippen molar-refractivity contribution in [2.24, 2.45) is 14.1 Å². The third kappa shape index (κ3) is 5.34. The fourth-order valence-corrected chi connectivity index (χ4v) is 8.00. The summed E-state index contributed by atoms with van der Waals surface area (Å²) in [5, 5.41) is 17.7. The molecule has 0 saturated heterocycles. The van der Waals surface area contributed by atoms with Crippen LogP contribution in [0.5, 0.6) is 5.75 Å². The zero-order chi connectivity index (χ0) is 35.8. The molecule has 11 heteroatoms. The molecule has 6 aromatic rings. The summed E-state index contributed by atoms with van der Waals surface area (Å²) in [7, 11) is 3.79. The largest absolute Gasteiger partial charge is 0.494 e. The maximum atomic E-state index is 14.9. The number of ether oxygens (including phenoxy) is 1. The van der Waals surface area contributed by atoms with Gasteiger partial charge in [-0.05, 0) is 101 Å². The molecule has 0 fully saturated rings. The Balaban J connectivity index is 1.38. The van der Waals surface area contributed by atoms with Crippen molar-refractivity contribution in [1.29, 1.82) is 0 Å². The van der Waals surface area contributed by atoms with Crippen LogP contribution in [0.2, 0.25) is 10.0 Å². The van der Waals surface area contributed by atoms with E-state index >= 15 is 0 Å². The summed E-state index contributed by atoms with van der Waals surface area (Å²) in [6.07, 6.45) is 3.05. The van der Waals surface area contributed by atoms with Gasteiger partial charge in [-0.3, -0.25) is 9.48 Å². The van der Waals surface area contributed by atoms with Gasteiger partial charge in [-0.25, -0.2) is 4.79 Å². The number of carboxylic acid groups (broad SMARTS) is 1. The zero-order valence-corrected chi connectivity index (χ0v) is 30.7. The average molecular weight is 713 g/mol. The zero-order valence-electron chi connectivity index (χ0n) is 29.2. The van der Waals surface area contributed by atoms with Crippen LogP contribution in [-0.4, -0.2) is 49.0 Å². The number of rotatable bonds is 8. The first-order valence-electron chi connectivity index (χ1n) is 16.7. The molecule has 1 atom stereocenters. The number of aryl methyl sites for hydroxylation is 6. The van der Waals surface area contributed by atoms with Gasteiger partial charge in [-0.15, -0.1) is 0 Å². The van der Waals surface area contributed by atoms with Crippen molar-refractivity contribution in [3.63, 3.8) is 0 Å². The Kier molecular flexibility index (Phi) is 8.47. The standard InChI is InChI=1S/C39H39Cl2N5O4/c1-20-15-26(16-21(2)35(20)41)50-14-8-9-28-29-10-11-31(40)34(33-23(4)42-44(7)24(33)5)36(29)46-22(3)19-45(38(47)37(28)46)25-17-30(39(48)49)27-12-13-43(6)32(27)18-25/h10-13,15-18,22H,8-9,14,19H2,1-7H3,(H,48,49). The van der Waals surface area contributed by atoms with Gasteiger partial charge in [0, 0.05) is 71.2 Å². The Morgan fingerprint density at radius 2 is 1.72 bits per heavy atom. The second-order valence-electron chi connectivity index (χ2n) is 13.4. The molecule has 7 rings (SSSR count). The number of halogens is 2. The normalized spacial score (nSPS) is 14.6. The molecule has 50 heavy (non-hydrogen) atoms. The van der Waals surface area contributed by atoms with Crippen molar-refractivity contribution < 1.29 is 19.4 Å². The molecule has 1 aliphatic rings. The van der Waals surface area contributed by atoms with Crippen LogP contribution in [-0.2, 0) is 20.5 Å². The Labute approximate surface area is 300 Å². The SMILES string of the molecule is Cc1cc(OCCCc2c3n(c4c(-c5c(C)nn(C)c5C)c(Cl)ccc24)C(C)CN(c2cc(C(=O)O)c4ccn(C)c4c2)C3=O)cc(C)c1Cl. The maximum Gasteiger partial charge on any atom is 0.336 e. The van der Waals surface area contributed by atoms with Crippen molar-refractivity contribution >= 4 is 62.6 Å². The number of carbonyl (C=O) groups is 2. The van der Waals surface area contributed by atoms with E-state index in [9.17, 15) is 14.7 Å². The monoisotopic (exact) mass is 711 g/mol. The van der Waals surface area contributed by atoms with Crippen LogP contribution < -0.4 is 9.64 Å². The van der Waals surface area contributed by atoms with Crippen LogP contribution in [0, 0.1) is 27.7 Å². The number of fused-ring (bicyclic) bond motifs is 4. The van der Waals surface area contributed by atoms with Crippen LogP contribution in [0.3, 0.4) is 0 Å². The van der Waals surface area contributed by atoms with Crippen LogP contribution in [0.15, 0.2) is 48.7 Å². The summed E-state index contributed by atoms with van der Waals surface area (Å²) in [4.78, 5) is 29.0. The van der Waals surface area contributed by atoms with E-state index in [2.05, 4.69) is 11.5 Å². The first-order valence-corrected chi connectivity index (χ1v) is 17.4. The smallest absolute Gasteiger partial charge is 0.336 e. The van der Waals surface area contributed by atoms with E-state index in [4.69, 9.17) is 33.0 Å². The minimum absolute atomic E-state index is 0.159. The highest BCUT2D eigenvalue weighted by Gasteiger charge is 2.37. The highest BCUT2D eigenvalue weighted by atomic mass is 35.5. The van der Waals surface area contributed by atoms with Gasteiger partial charge in [0.2, 0.25) is 0 Å². The quantitative estimate of drug-likeness (QED) is 0.159. The first-order chi connectivity index (χ1) is 23.8. The molecule has 9 nitrogen and oxygen atoms in total. The molecule has 3 aromatic heterocycles. The number of nitrogens with zero attached hydrogens (tertiary/aromatic N) is 5. The third-order valence-electron chi connectivity index (χ3n) is 10.1. The van der Waals surface area contributed by atoms with Crippen molar-refractivity contribution in [1.82, 2.24) is 18.9 Å². The molecule has 0 bridgehead atoms. The van der Waals surface area contributed by atoms with Crippen LogP contribution >= 0.6 is 23.2 Å². The van der Waals surface area contributed by atoms with E-state index in [1.165, 1.54) is 0 Å². The minimum Gasteiger partial charge on any atom is -0.494 e. The Morgan fingerprint density at radius 1 is 1.00 bits per heavy atom. The number of hydrogen-bond acceptors (Lipinski definition) is 4. The van der Waals surface area contributed by atoms with Crippen LogP contribution in [0.4, 0.5) is 5.69 Å². The molecular formula is C39H39Cl2N5O4. The summed E-state index contributed by atoms with van der Waals surface area (Å²) in [5.74, 6) is -0.473. The average Bonchev–Trinajstić information content (AvgIpc) is 3.69. The number of carbonyl (C=O) groups excluding carboxylic acids is 1. The lowest BCUT2D eigenvalue weighted by molar-refractivity contribution is 0.0698. The molecule has 4 heterocycles. The number of benzene rings is 3. The highest BCUT2D eigenvalue weighted by Crippen LogP contribution is 2.45. The molecule has 0 aliphatic carbocycles. The van der Waals surface area contributed by atoms with Crippen molar-refractivity contribution in [3.05, 3.63) is 98.0 Å². The van der Waals surface area contributed by atoms with E-state index in [-0.39, 0.29) is 17.5 Å². The molecule has 3 aromatic carbocycles. The third-order valence-corrected chi connectivity index (χ3v) is 11.0. The fourth-order valence-electron chi connectivity index (χ4n) is 7.64. The van der Waals surface area contributed by atoms with Crippen LogP contribution in [0.25, 0.3) is 32.9 Å². The van der Waals surface area contributed by atoms with E-state index in [0.29, 0.717) is 47.8 Å². The molecule has 0 saturated carbocycles. The van der Waals surface area contributed by atoms with Crippen molar-refractivity contribution in [3.8, 4) is 16.9 Å². The maximum absolute atomic E-state index is 14.9. The summed E-state index contributed by atoms with van der Waals surface area (Å²) >= 11 is 13.4. The molecule has 0 radical (unpaired) electrons. The van der Waals surface area contributed by atoms with Crippen molar-refractivity contribution in [2.45, 2.75) is 53.5 Å². The van der Waals surface area contributed by atoms with E-state index in [1.807, 2.05) is 87.6 Å². The van der Waals surface area contributed by atoms with Gasteiger partial charge in [0.25, 0.3) is 5.91 Å². The summed E-state index contributed by atoms with van der Waals surface area (Å²) in [6, 6.07) is 12.9. The molecule has 1 unspecified atom stereocenters. The number of carboxylic acids is 1. The van der Waals surface area contributed by atoms with Crippen molar-refractivity contribution in [2.75, 3.05) is 18.1 Å². The van der Waals surface area contributed by atoms with Gasteiger partial charge in [0.15, 0.2) is 0 Å². The van der Waals surface area contributed by atoms with Crippen LogP contribution in [0.1, 0.15) is 68.3 Å². The highest BCUT2D eigenvalue weighted by molar-refractivity contribution is 6.35. The molecule has 1 amide bonds. The van der Waals surface area contributed by atoms with Gasteiger partial charge in [-0.1, -0.05) is 29.3 Å². The second kappa shape index (κ2) is 12.5. The molecular weight excluding hydrogens is 673 g/mol. The molecule has 1 aliphatic heterocycles. The molecule has 258 valence electrons. The minimum atomic E-state index is -1.04. The van der Waals surface area contributed by atoms with Gasteiger partial charge in [-0.2, -0.15) is 5.10 Å². The summed E-state index contributed by atoms with van der Waals surface area (Å²) in [5.41, 5.74) is 9.38. The van der Waals surface area contributed by atoms with E-state index < -0.39 is 5.97 Å². The van der Waals surface area contributed by atoms with Gasteiger partial charge in [0.05, 0.1) is 33.9 Å². The molecule has 1 N–H and O–H groups in total. The topological polar surface area (TPSA) is 94.5 Å². The molecule has 0 spiro atoms. The number of aromatic carboxylic acids is 1. The number of aromatic nitrogens is 4. The Morgan fingerprint density at radius 3 is 2.38 bits per heavy atom. The van der Waals surface area contributed by atoms with E-state index in [1.54, 1.807) is 17.0 Å². The lowest BCUT2D eigenvalue weighted by Crippen LogP contribution is -2.42. The number of amides is 1. The number of hydrogen-bond donors (Lipinski definition) is 1. The fraction of sp³-hybridized carbons (Fsp3) is 0.308. The van der Waals surface area contributed by atoms with Gasteiger partial charge in [0.1, 0.15) is 11.4 Å². The lowest BCUT2D eigenvalue weighted by atomic mass is 9.98. The number of anilines is 1. The van der Waals surface area contributed by atoms with Gasteiger partial charge < -0.3 is 23.9 Å². The summed E-state index contributed by atoms with van der Waals surface area (Å²) < 4.78 is 12.1. The predicted octanol–water partition coefficient (Wildman–Crippen LogP) is 9.01. The Hall–Kier alpha value is -4.73. The summed E-state index contributed by atoms with van der Waals surface area (Å²) in [6.45, 7) is 10.8. The van der Waals surface area contributed by atoms with E-state index in [0.717, 1.165) is 66.4 Å². The first kappa shape index (κ1) is 33.8. The lowest BCUT2D eigenvalue weighted by Gasteiger charge is -2.34. The Bertz CT molecular complexity index is 2360. The van der Waals surface area contributed by atoms with Gasteiger partial charge >= 0.3 is 5.97 Å². The predicted molar refractivity (Wildman–Crippen MR) is 200 cm³/mol.